The molecule has 6 heteroatoms. The molecule has 1 heterocycles. The number of nitrogens with one attached hydrogen (secondary N) is 1. The molecule has 0 spiro atoms. The zero-order valence-corrected chi connectivity index (χ0v) is 11.7. The molecule has 1 rings (SSSR count). The van der Waals surface area contributed by atoms with Gasteiger partial charge in [0.05, 0.1) is 6.54 Å². The molecule has 1 aromatic rings. The van der Waals surface area contributed by atoms with Crippen molar-refractivity contribution in [3.63, 3.8) is 0 Å². The molecule has 0 bridgehead atoms. The minimum atomic E-state index is -0.364. The SMILES string of the molecule is CCCCN(CC(N)=O)c1ncc(CNCC)cn1. The third-order valence-electron chi connectivity index (χ3n) is 2.68. The summed E-state index contributed by atoms with van der Waals surface area (Å²) >= 11 is 0. The smallest absolute Gasteiger partial charge is 0.237 e. The van der Waals surface area contributed by atoms with E-state index in [-0.39, 0.29) is 12.5 Å². The molecular formula is C13H23N5O. The molecule has 0 saturated carbocycles. The Bertz CT molecular complexity index is 379. The summed E-state index contributed by atoms with van der Waals surface area (Å²) in [6.45, 7) is 6.71. The van der Waals surface area contributed by atoms with Crippen LogP contribution < -0.4 is 16.0 Å². The number of anilines is 1. The van der Waals surface area contributed by atoms with Crippen molar-refractivity contribution in [1.82, 2.24) is 15.3 Å². The van der Waals surface area contributed by atoms with E-state index in [9.17, 15) is 4.79 Å². The van der Waals surface area contributed by atoms with E-state index in [1.807, 2.05) is 4.90 Å². The van der Waals surface area contributed by atoms with Crippen LogP contribution in [0.25, 0.3) is 0 Å². The van der Waals surface area contributed by atoms with Crippen LogP contribution in [0.2, 0.25) is 0 Å². The van der Waals surface area contributed by atoms with Gasteiger partial charge in [0.15, 0.2) is 0 Å². The van der Waals surface area contributed by atoms with Crippen molar-refractivity contribution in [2.45, 2.75) is 33.2 Å². The molecule has 3 N–H and O–H groups in total. The van der Waals surface area contributed by atoms with Crippen molar-refractivity contribution in [3.05, 3.63) is 18.0 Å². The Balaban J connectivity index is 2.69. The first-order chi connectivity index (χ1) is 9.17. The Morgan fingerprint density at radius 3 is 2.58 bits per heavy atom. The van der Waals surface area contributed by atoms with E-state index in [4.69, 9.17) is 5.73 Å². The molecule has 1 aromatic heterocycles. The van der Waals surface area contributed by atoms with Crippen LogP contribution in [0.5, 0.6) is 0 Å². The van der Waals surface area contributed by atoms with E-state index in [0.717, 1.165) is 38.0 Å². The zero-order valence-electron chi connectivity index (χ0n) is 11.7. The topological polar surface area (TPSA) is 84.1 Å². The van der Waals surface area contributed by atoms with E-state index < -0.39 is 0 Å². The van der Waals surface area contributed by atoms with Crippen molar-refractivity contribution in [3.8, 4) is 0 Å². The minimum Gasteiger partial charge on any atom is -0.368 e. The van der Waals surface area contributed by atoms with Crippen molar-refractivity contribution in [2.24, 2.45) is 5.73 Å². The highest BCUT2D eigenvalue weighted by atomic mass is 16.1. The maximum Gasteiger partial charge on any atom is 0.237 e. The molecule has 0 atom stereocenters. The highest BCUT2D eigenvalue weighted by Crippen LogP contribution is 2.08. The first-order valence-corrected chi connectivity index (χ1v) is 6.72. The number of primary amides is 1. The number of nitrogens with two attached hydrogens (primary N) is 1. The largest absolute Gasteiger partial charge is 0.368 e. The summed E-state index contributed by atoms with van der Waals surface area (Å²) < 4.78 is 0. The Morgan fingerprint density at radius 2 is 2.05 bits per heavy atom. The van der Waals surface area contributed by atoms with E-state index in [1.54, 1.807) is 12.4 Å². The minimum absolute atomic E-state index is 0.159. The normalized spacial score (nSPS) is 10.4. The number of hydrogen-bond donors (Lipinski definition) is 2. The maximum absolute atomic E-state index is 11.1. The summed E-state index contributed by atoms with van der Waals surface area (Å²) in [6.07, 6.45) is 5.60. The van der Waals surface area contributed by atoms with Gasteiger partial charge in [-0.1, -0.05) is 20.3 Å². The molecule has 0 unspecified atom stereocenters. The van der Waals surface area contributed by atoms with Crippen LogP contribution in [0.3, 0.4) is 0 Å². The van der Waals surface area contributed by atoms with Gasteiger partial charge in [-0.25, -0.2) is 9.97 Å². The van der Waals surface area contributed by atoms with Crippen molar-refractivity contribution >= 4 is 11.9 Å². The first kappa shape index (κ1) is 15.4. The molecule has 106 valence electrons. The van der Waals surface area contributed by atoms with Crippen LogP contribution in [0.1, 0.15) is 32.3 Å². The fourth-order valence-electron chi connectivity index (χ4n) is 1.66. The zero-order chi connectivity index (χ0) is 14.1. The predicted molar refractivity (Wildman–Crippen MR) is 75.7 cm³/mol. The average molecular weight is 265 g/mol. The molecule has 0 aliphatic rings. The van der Waals surface area contributed by atoms with Crippen LogP contribution in [0.4, 0.5) is 5.95 Å². The number of carbonyl (C=O) groups is 1. The second kappa shape index (κ2) is 8.42. The number of rotatable bonds is 9. The van der Waals surface area contributed by atoms with Crippen molar-refractivity contribution in [1.29, 1.82) is 0 Å². The molecular weight excluding hydrogens is 242 g/mol. The second-order valence-electron chi connectivity index (χ2n) is 4.41. The number of nitrogens with zero attached hydrogens (tertiary/aromatic N) is 3. The Morgan fingerprint density at radius 1 is 1.37 bits per heavy atom. The average Bonchev–Trinajstić information content (AvgIpc) is 2.41. The summed E-state index contributed by atoms with van der Waals surface area (Å²) in [7, 11) is 0. The summed E-state index contributed by atoms with van der Waals surface area (Å²) in [4.78, 5) is 21.5. The summed E-state index contributed by atoms with van der Waals surface area (Å²) in [5.74, 6) is 0.198. The van der Waals surface area contributed by atoms with E-state index >= 15 is 0 Å². The molecule has 6 nitrogen and oxygen atoms in total. The first-order valence-electron chi connectivity index (χ1n) is 6.72. The highest BCUT2D eigenvalue weighted by Gasteiger charge is 2.11. The molecule has 0 fully saturated rings. The summed E-state index contributed by atoms with van der Waals surface area (Å²) in [5, 5.41) is 3.21. The molecule has 0 aromatic carbocycles. The third-order valence-corrected chi connectivity index (χ3v) is 2.68. The van der Waals surface area contributed by atoms with Gasteiger partial charge in [0, 0.05) is 31.0 Å². The van der Waals surface area contributed by atoms with E-state index in [0.29, 0.717) is 5.95 Å². The Kier molecular flexibility index (Phi) is 6.81. The highest BCUT2D eigenvalue weighted by molar-refractivity contribution is 5.78. The van der Waals surface area contributed by atoms with Crippen LogP contribution >= 0.6 is 0 Å². The van der Waals surface area contributed by atoms with Gasteiger partial charge in [0.1, 0.15) is 0 Å². The van der Waals surface area contributed by atoms with Crippen molar-refractivity contribution in [2.75, 3.05) is 24.5 Å². The number of carbonyl (C=O) groups excluding carboxylic acids is 1. The molecule has 0 aliphatic carbocycles. The molecule has 0 saturated heterocycles. The lowest BCUT2D eigenvalue weighted by molar-refractivity contribution is -0.116. The van der Waals surface area contributed by atoms with Gasteiger partial charge in [-0.2, -0.15) is 0 Å². The molecule has 0 radical (unpaired) electrons. The van der Waals surface area contributed by atoms with Gasteiger partial charge in [-0.15, -0.1) is 0 Å². The van der Waals surface area contributed by atoms with Gasteiger partial charge >= 0.3 is 0 Å². The van der Waals surface area contributed by atoms with Crippen LogP contribution in [-0.2, 0) is 11.3 Å². The lowest BCUT2D eigenvalue weighted by atomic mass is 10.3. The standard InChI is InChI=1S/C13H23N5O/c1-3-5-6-18(10-12(14)19)13-16-8-11(9-17-13)7-15-4-2/h8-9,15H,3-7,10H2,1-2H3,(H2,14,19). The summed E-state index contributed by atoms with van der Waals surface area (Å²) in [5.41, 5.74) is 6.28. The monoisotopic (exact) mass is 265 g/mol. The number of aromatic nitrogens is 2. The van der Waals surface area contributed by atoms with Crippen LogP contribution in [0, 0.1) is 0 Å². The van der Waals surface area contributed by atoms with Gasteiger partial charge in [-0.3, -0.25) is 4.79 Å². The fraction of sp³-hybridized carbons (Fsp3) is 0.615. The number of hydrogen-bond acceptors (Lipinski definition) is 5. The van der Waals surface area contributed by atoms with Gasteiger partial charge < -0.3 is 16.0 Å². The lowest BCUT2D eigenvalue weighted by Gasteiger charge is -2.20. The van der Waals surface area contributed by atoms with Gasteiger partial charge in [-0.05, 0) is 13.0 Å². The maximum atomic E-state index is 11.1. The Hall–Kier alpha value is -1.69. The molecule has 0 aliphatic heterocycles. The Labute approximate surface area is 114 Å². The number of unbranched alkanes of at least 4 members (excludes halogenated alkanes) is 1. The van der Waals surface area contributed by atoms with E-state index in [1.165, 1.54) is 0 Å². The summed E-state index contributed by atoms with van der Waals surface area (Å²) in [6, 6.07) is 0. The van der Waals surface area contributed by atoms with E-state index in [2.05, 4.69) is 29.1 Å². The predicted octanol–water partition coefficient (Wildman–Crippen LogP) is 0.678. The van der Waals surface area contributed by atoms with Gasteiger partial charge in [0.2, 0.25) is 11.9 Å². The van der Waals surface area contributed by atoms with Gasteiger partial charge in [0.25, 0.3) is 0 Å². The van der Waals surface area contributed by atoms with Crippen LogP contribution in [0.15, 0.2) is 12.4 Å². The van der Waals surface area contributed by atoms with Crippen molar-refractivity contribution < 1.29 is 4.79 Å². The number of amides is 1. The third kappa shape index (κ3) is 5.65. The van der Waals surface area contributed by atoms with Crippen LogP contribution in [-0.4, -0.2) is 35.5 Å². The quantitative estimate of drug-likeness (QED) is 0.686. The fourth-order valence-corrected chi connectivity index (χ4v) is 1.66. The lowest BCUT2D eigenvalue weighted by Crippen LogP contribution is -2.35. The molecule has 19 heavy (non-hydrogen) atoms. The second-order valence-corrected chi connectivity index (χ2v) is 4.41. The molecule has 1 amide bonds.